The summed E-state index contributed by atoms with van der Waals surface area (Å²) in [6, 6.07) is 26.4. The van der Waals surface area contributed by atoms with Crippen LogP contribution < -0.4 is 9.47 Å². The number of amides is 1. The number of hydrogen-bond acceptors (Lipinski definition) is 9. The van der Waals surface area contributed by atoms with Crippen LogP contribution in [0.25, 0.3) is 10.8 Å². The lowest BCUT2D eigenvalue weighted by Crippen LogP contribution is -2.70. The Morgan fingerprint density at radius 1 is 0.923 bits per heavy atom. The van der Waals surface area contributed by atoms with Crippen molar-refractivity contribution in [2.75, 3.05) is 26.4 Å². The molecule has 0 aromatic heterocycles. The number of carbonyl (C=O) groups is 1. The molecule has 65 heavy (non-hydrogen) atoms. The lowest BCUT2D eigenvalue weighted by molar-refractivity contribution is -0.258. The second-order valence-electron chi connectivity index (χ2n) is 18.4. The van der Waals surface area contributed by atoms with Crippen molar-refractivity contribution in [2.24, 2.45) is 28.8 Å². The Balaban J connectivity index is 1.24. The fraction of sp³-hybridized carbons (Fsp3) is 0.481. The van der Waals surface area contributed by atoms with E-state index < -0.39 is 24.0 Å². The average Bonchev–Trinajstić information content (AvgIpc) is 4.19. The van der Waals surface area contributed by atoms with Gasteiger partial charge >= 0.3 is 0 Å². The van der Waals surface area contributed by atoms with E-state index in [0.29, 0.717) is 49.5 Å². The summed E-state index contributed by atoms with van der Waals surface area (Å²) in [6.07, 6.45) is 12.8. The van der Waals surface area contributed by atoms with Crippen LogP contribution in [-0.4, -0.2) is 71.3 Å². The standard InChI is InChI=1S/C54H63FN2O8/c1-2-29-63-54-49(57(53(60)37-23-24-37)34-39-18-13-17-36-14-3-5-19-42(36)39)33-47(56-65-50-22-9-12-30-61-50)44-31-38(15-7-10-27-58)43(20-8-11-28-59)51(52(44)54)45-32-41(25-26-48(45)64-54)62-35-40-16-4-6-21-46(40)55/h2-6,13-14,16-19,21,25-26,31-32,37-38,43,49-52,58-59H,1,7-12,15,20,22-24,27-30,33-35H2/t38-,43+,49-,50?,51+,52+,54+/m0/s1. The topological polar surface area (TPSA) is 119 Å². The van der Waals surface area contributed by atoms with E-state index in [-0.39, 0.29) is 61.8 Å². The summed E-state index contributed by atoms with van der Waals surface area (Å²) in [4.78, 5) is 23.5. The van der Waals surface area contributed by atoms with E-state index in [1.165, 1.54) is 6.07 Å². The molecule has 3 aliphatic carbocycles. The lowest BCUT2D eigenvalue weighted by atomic mass is 9.55. The second-order valence-corrected chi connectivity index (χ2v) is 18.4. The number of hydrogen-bond donors (Lipinski definition) is 2. The molecule has 4 aromatic rings. The lowest BCUT2D eigenvalue weighted by Gasteiger charge is -2.60. The van der Waals surface area contributed by atoms with Gasteiger partial charge in [-0.05, 0) is 109 Å². The number of oxime groups is 1. The highest BCUT2D eigenvalue weighted by Gasteiger charge is 2.66. The zero-order valence-electron chi connectivity index (χ0n) is 37.3. The maximum absolute atomic E-state index is 15.1. The fourth-order valence-electron chi connectivity index (χ4n) is 11.0. The third kappa shape index (κ3) is 9.62. The van der Waals surface area contributed by atoms with Gasteiger partial charge in [0.1, 0.15) is 30.0 Å². The molecule has 2 saturated carbocycles. The Kier molecular flexibility index (Phi) is 14.3. The molecule has 5 aliphatic rings. The van der Waals surface area contributed by atoms with Crippen molar-refractivity contribution in [2.45, 2.75) is 114 Å². The van der Waals surface area contributed by atoms with Crippen molar-refractivity contribution >= 4 is 22.4 Å². The summed E-state index contributed by atoms with van der Waals surface area (Å²) in [7, 11) is 0. The summed E-state index contributed by atoms with van der Waals surface area (Å²) in [5.41, 5.74) is 4.13. The summed E-state index contributed by atoms with van der Waals surface area (Å²) in [6.45, 7) is 5.44. The molecule has 0 spiro atoms. The van der Waals surface area contributed by atoms with Crippen LogP contribution in [0.3, 0.4) is 0 Å². The molecule has 344 valence electrons. The maximum atomic E-state index is 15.1. The molecule has 1 unspecified atom stereocenters. The van der Waals surface area contributed by atoms with Gasteiger partial charge in [-0.25, -0.2) is 4.39 Å². The highest BCUT2D eigenvalue weighted by molar-refractivity contribution is 6.03. The van der Waals surface area contributed by atoms with Gasteiger partial charge < -0.3 is 38.9 Å². The first kappa shape index (κ1) is 45.1. The van der Waals surface area contributed by atoms with Crippen LogP contribution in [0.1, 0.15) is 99.7 Å². The predicted molar refractivity (Wildman–Crippen MR) is 248 cm³/mol. The van der Waals surface area contributed by atoms with Gasteiger partial charge in [-0.2, -0.15) is 0 Å². The van der Waals surface area contributed by atoms with Crippen LogP contribution in [0.5, 0.6) is 11.5 Å². The van der Waals surface area contributed by atoms with Crippen LogP contribution >= 0.6 is 0 Å². The van der Waals surface area contributed by atoms with Gasteiger partial charge in [0.05, 0.1) is 24.8 Å². The van der Waals surface area contributed by atoms with Crippen molar-refractivity contribution in [3.8, 4) is 11.5 Å². The van der Waals surface area contributed by atoms with Gasteiger partial charge in [0.2, 0.25) is 18.0 Å². The van der Waals surface area contributed by atoms with E-state index in [0.717, 1.165) is 91.0 Å². The third-order valence-electron chi connectivity index (χ3n) is 14.2. The fourth-order valence-corrected chi connectivity index (χ4v) is 11.0. The highest BCUT2D eigenvalue weighted by Crippen LogP contribution is 2.62. The number of benzene rings is 4. The Morgan fingerprint density at radius 2 is 1.71 bits per heavy atom. The van der Waals surface area contributed by atoms with Crippen LogP contribution in [0, 0.1) is 29.5 Å². The highest BCUT2D eigenvalue weighted by atomic mass is 19.1. The molecule has 4 aromatic carbocycles. The first-order valence-corrected chi connectivity index (χ1v) is 23.9. The zero-order valence-corrected chi connectivity index (χ0v) is 37.3. The second kappa shape index (κ2) is 20.6. The van der Waals surface area contributed by atoms with E-state index in [9.17, 15) is 14.6 Å². The van der Waals surface area contributed by atoms with Gasteiger partial charge in [0.25, 0.3) is 0 Å². The minimum Gasteiger partial charge on any atom is -0.489 e. The molecule has 2 N–H and O–H groups in total. The van der Waals surface area contributed by atoms with Gasteiger partial charge in [0, 0.05) is 55.6 Å². The van der Waals surface area contributed by atoms with Crippen LogP contribution in [0.15, 0.2) is 114 Å². The average molecular weight is 887 g/mol. The van der Waals surface area contributed by atoms with Gasteiger partial charge in [-0.3, -0.25) is 4.79 Å². The maximum Gasteiger partial charge on any atom is 0.239 e. The Morgan fingerprint density at radius 3 is 2.49 bits per heavy atom. The third-order valence-corrected chi connectivity index (χ3v) is 14.2. The molecule has 1 saturated heterocycles. The number of allylic oxidation sites excluding steroid dienone is 1. The summed E-state index contributed by atoms with van der Waals surface area (Å²) in [5, 5.41) is 27.3. The molecule has 2 heterocycles. The number of rotatable bonds is 20. The SMILES string of the molecule is C=CCO[C@@]12Oc3ccc(OCc4ccccc4F)cc3[C@H]3[C@H](CCCCO)[C@@H](CCCCO)C=C(C(=NOC4CCCCO4)C[C@@H]1N(Cc1cccc4ccccc14)C(=O)C1CC1)[C@H]32. The van der Waals surface area contributed by atoms with Crippen LogP contribution in [0.2, 0.25) is 0 Å². The molecule has 3 fully saturated rings. The molecule has 0 bridgehead atoms. The Hall–Kier alpha value is -5.07. The minimum atomic E-state index is -1.39. The molecule has 2 aliphatic heterocycles. The van der Waals surface area contributed by atoms with E-state index >= 15 is 4.79 Å². The van der Waals surface area contributed by atoms with Crippen molar-refractivity contribution in [3.05, 3.63) is 132 Å². The molecule has 11 heteroatoms. The first-order valence-electron chi connectivity index (χ1n) is 23.9. The van der Waals surface area contributed by atoms with Gasteiger partial charge in [-0.1, -0.05) is 90.8 Å². The van der Waals surface area contributed by atoms with Gasteiger partial charge in [0.15, 0.2) is 0 Å². The Labute approximate surface area is 382 Å². The molecule has 1 amide bonds. The van der Waals surface area contributed by atoms with Crippen LogP contribution in [-0.2, 0) is 32.3 Å². The van der Waals surface area contributed by atoms with Crippen LogP contribution in [0.4, 0.5) is 4.39 Å². The number of halogens is 1. The minimum absolute atomic E-state index is 0.0402. The number of fused-ring (bicyclic) bond motifs is 3. The van der Waals surface area contributed by atoms with Crippen molar-refractivity contribution in [1.82, 2.24) is 4.90 Å². The number of aliphatic hydroxyl groups is 2. The molecule has 10 nitrogen and oxygen atoms in total. The normalized spacial score (nSPS) is 26.4. The molecular formula is C54H63FN2O8. The predicted octanol–water partition coefficient (Wildman–Crippen LogP) is 10.2. The number of unbranched alkanes of at least 4 members (excludes halogenated alkanes) is 2. The molecule has 0 radical (unpaired) electrons. The van der Waals surface area contributed by atoms with E-state index in [1.54, 1.807) is 24.3 Å². The van der Waals surface area contributed by atoms with Gasteiger partial charge in [-0.15, -0.1) is 6.58 Å². The van der Waals surface area contributed by atoms with E-state index in [1.807, 2.05) is 35.2 Å². The number of carbonyl (C=O) groups excluding carboxylic acids is 1. The molecular weight excluding hydrogens is 824 g/mol. The summed E-state index contributed by atoms with van der Waals surface area (Å²) in [5.74, 6) is -1.15. The largest absolute Gasteiger partial charge is 0.489 e. The number of ether oxygens (including phenoxy) is 4. The molecule has 7 atom stereocenters. The number of nitrogens with zero attached hydrogens (tertiary/aromatic N) is 2. The van der Waals surface area contributed by atoms with Crippen molar-refractivity contribution < 1.29 is 43.2 Å². The number of aliphatic hydroxyl groups excluding tert-OH is 2. The zero-order chi connectivity index (χ0) is 44.8. The van der Waals surface area contributed by atoms with E-state index in [2.05, 4.69) is 43.0 Å². The van der Waals surface area contributed by atoms with Crippen molar-refractivity contribution in [3.63, 3.8) is 0 Å². The quantitative estimate of drug-likeness (QED) is 0.0512. The van der Waals surface area contributed by atoms with E-state index in [4.69, 9.17) is 28.9 Å². The van der Waals surface area contributed by atoms with Crippen molar-refractivity contribution in [1.29, 1.82) is 0 Å². The smallest absolute Gasteiger partial charge is 0.239 e. The first-order chi connectivity index (χ1) is 31.9. The monoisotopic (exact) mass is 886 g/mol. The summed E-state index contributed by atoms with van der Waals surface area (Å²) < 4.78 is 42.0. The Bertz CT molecular complexity index is 2350. The summed E-state index contributed by atoms with van der Waals surface area (Å²) >= 11 is 0. The molecule has 9 rings (SSSR count).